The largest absolute Gasteiger partial charge is 0.383 e. The second kappa shape index (κ2) is 8.12. The van der Waals surface area contributed by atoms with Gasteiger partial charge in [-0.15, -0.1) is 0 Å². The van der Waals surface area contributed by atoms with E-state index in [1.807, 2.05) is 20.8 Å². The van der Waals surface area contributed by atoms with E-state index in [4.69, 9.17) is 10.00 Å². The molecular weight excluding hydrogens is 204 g/mol. The Bertz CT molecular complexity index is 248. The van der Waals surface area contributed by atoms with Crippen LogP contribution in [-0.4, -0.2) is 37.1 Å². The zero-order chi connectivity index (χ0) is 12.6. The van der Waals surface area contributed by atoms with Gasteiger partial charge in [0, 0.05) is 19.7 Å². The lowest BCUT2D eigenvalue weighted by Gasteiger charge is -2.29. The SMILES string of the molecule is CCC(C#N)C(=O)N(CCOC)C(C)CC. The van der Waals surface area contributed by atoms with Crippen LogP contribution in [-0.2, 0) is 9.53 Å². The van der Waals surface area contributed by atoms with Gasteiger partial charge in [0.2, 0.25) is 5.91 Å². The molecule has 16 heavy (non-hydrogen) atoms. The van der Waals surface area contributed by atoms with Crippen molar-refractivity contribution in [1.82, 2.24) is 4.90 Å². The van der Waals surface area contributed by atoms with Crippen LogP contribution in [0.3, 0.4) is 0 Å². The molecule has 0 saturated heterocycles. The third kappa shape index (κ3) is 4.19. The number of hydrogen-bond donors (Lipinski definition) is 0. The maximum absolute atomic E-state index is 12.1. The Balaban J connectivity index is 4.61. The van der Waals surface area contributed by atoms with Gasteiger partial charge in [0.15, 0.2) is 0 Å². The van der Waals surface area contributed by atoms with Crippen molar-refractivity contribution in [2.75, 3.05) is 20.3 Å². The van der Waals surface area contributed by atoms with Crippen LogP contribution in [0.1, 0.15) is 33.6 Å². The van der Waals surface area contributed by atoms with Gasteiger partial charge in [0.05, 0.1) is 12.7 Å². The van der Waals surface area contributed by atoms with Gasteiger partial charge in [0.1, 0.15) is 5.92 Å². The van der Waals surface area contributed by atoms with Crippen LogP contribution in [0.15, 0.2) is 0 Å². The minimum atomic E-state index is -0.522. The summed E-state index contributed by atoms with van der Waals surface area (Å²) >= 11 is 0. The standard InChI is InChI=1S/C12H22N2O2/c1-5-10(3)14(7-8-16-4)12(15)11(6-2)9-13/h10-11H,5-8H2,1-4H3. The van der Waals surface area contributed by atoms with E-state index in [0.29, 0.717) is 19.6 Å². The molecule has 1 amide bonds. The molecule has 4 heteroatoms. The first-order valence-corrected chi connectivity index (χ1v) is 5.81. The zero-order valence-corrected chi connectivity index (χ0v) is 10.7. The van der Waals surface area contributed by atoms with Crippen molar-refractivity contribution >= 4 is 5.91 Å². The van der Waals surface area contributed by atoms with E-state index in [9.17, 15) is 4.79 Å². The highest BCUT2D eigenvalue weighted by atomic mass is 16.5. The predicted molar refractivity (Wildman–Crippen MR) is 62.7 cm³/mol. The highest BCUT2D eigenvalue weighted by molar-refractivity contribution is 5.81. The molecule has 0 rings (SSSR count). The molecule has 92 valence electrons. The van der Waals surface area contributed by atoms with Gasteiger partial charge >= 0.3 is 0 Å². The Morgan fingerprint density at radius 1 is 1.44 bits per heavy atom. The molecule has 0 aromatic rings. The topological polar surface area (TPSA) is 53.3 Å². The first-order chi connectivity index (χ1) is 7.62. The lowest BCUT2D eigenvalue weighted by Crippen LogP contribution is -2.43. The summed E-state index contributed by atoms with van der Waals surface area (Å²) in [5, 5.41) is 8.90. The van der Waals surface area contributed by atoms with Crippen molar-refractivity contribution in [2.24, 2.45) is 5.92 Å². The molecule has 0 aliphatic rings. The summed E-state index contributed by atoms with van der Waals surface area (Å²) in [6.07, 6.45) is 1.45. The number of amides is 1. The van der Waals surface area contributed by atoms with Crippen LogP contribution < -0.4 is 0 Å². The Kier molecular flexibility index (Phi) is 7.57. The van der Waals surface area contributed by atoms with Crippen LogP contribution in [0.5, 0.6) is 0 Å². The molecule has 0 aliphatic heterocycles. The fourth-order valence-electron chi connectivity index (χ4n) is 1.48. The van der Waals surface area contributed by atoms with E-state index >= 15 is 0 Å². The summed E-state index contributed by atoms with van der Waals surface area (Å²) in [5.74, 6) is -0.595. The summed E-state index contributed by atoms with van der Waals surface area (Å²) in [7, 11) is 1.61. The highest BCUT2D eigenvalue weighted by Gasteiger charge is 2.25. The monoisotopic (exact) mass is 226 g/mol. The van der Waals surface area contributed by atoms with Gasteiger partial charge in [-0.3, -0.25) is 4.79 Å². The van der Waals surface area contributed by atoms with E-state index in [2.05, 4.69) is 6.07 Å². The molecule has 0 aliphatic carbocycles. The van der Waals surface area contributed by atoms with Crippen molar-refractivity contribution in [1.29, 1.82) is 5.26 Å². The number of carbonyl (C=O) groups excluding carboxylic acids is 1. The number of nitrogens with zero attached hydrogens (tertiary/aromatic N) is 2. The number of methoxy groups -OCH3 is 1. The van der Waals surface area contributed by atoms with Crippen LogP contribution in [0.25, 0.3) is 0 Å². The average molecular weight is 226 g/mol. The van der Waals surface area contributed by atoms with Crippen molar-refractivity contribution < 1.29 is 9.53 Å². The number of rotatable bonds is 7. The fraction of sp³-hybridized carbons (Fsp3) is 0.833. The van der Waals surface area contributed by atoms with Gasteiger partial charge in [-0.2, -0.15) is 5.26 Å². The van der Waals surface area contributed by atoms with Crippen molar-refractivity contribution in [2.45, 2.75) is 39.7 Å². The van der Waals surface area contributed by atoms with Crippen LogP contribution >= 0.6 is 0 Å². The van der Waals surface area contributed by atoms with E-state index in [1.165, 1.54) is 0 Å². The number of nitriles is 1. The fourth-order valence-corrected chi connectivity index (χ4v) is 1.48. The van der Waals surface area contributed by atoms with Gasteiger partial charge in [0.25, 0.3) is 0 Å². The molecule has 0 saturated carbocycles. The van der Waals surface area contributed by atoms with Gasteiger partial charge in [-0.1, -0.05) is 13.8 Å². The summed E-state index contributed by atoms with van der Waals surface area (Å²) in [6.45, 7) is 6.96. The molecule has 0 N–H and O–H groups in total. The van der Waals surface area contributed by atoms with Crippen LogP contribution in [0.2, 0.25) is 0 Å². The molecule has 0 aromatic heterocycles. The lowest BCUT2D eigenvalue weighted by molar-refractivity contribution is -0.136. The Morgan fingerprint density at radius 3 is 2.44 bits per heavy atom. The van der Waals surface area contributed by atoms with Crippen LogP contribution in [0, 0.1) is 17.2 Å². The Labute approximate surface area is 98.2 Å². The molecule has 0 spiro atoms. The molecule has 0 fully saturated rings. The quantitative estimate of drug-likeness (QED) is 0.665. The minimum Gasteiger partial charge on any atom is -0.383 e. The van der Waals surface area contributed by atoms with E-state index < -0.39 is 5.92 Å². The van der Waals surface area contributed by atoms with E-state index in [-0.39, 0.29) is 11.9 Å². The van der Waals surface area contributed by atoms with Crippen LogP contribution in [0.4, 0.5) is 0 Å². The van der Waals surface area contributed by atoms with E-state index in [0.717, 1.165) is 6.42 Å². The Hall–Kier alpha value is -1.08. The smallest absolute Gasteiger partial charge is 0.240 e. The predicted octanol–water partition coefficient (Wildman–Crippen LogP) is 1.81. The van der Waals surface area contributed by atoms with Crippen molar-refractivity contribution in [3.8, 4) is 6.07 Å². The molecule has 0 radical (unpaired) electrons. The molecule has 0 aromatic carbocycles. The molecular formula is C12H22N2O2. The molecule has 0 bridgehead atoms. The van der Waals surface area contributed by atoms with Crippen molar-refractivity contribution in [3.63, 3.8) is 0 Å². The maximum atomic E-state index is 12.1. The summed E-state index contributed by atoms with van der Waals surface area (Å²) < 4.78 is 4.99. The second-order valence-corrected chi connectivity index (χ2v) is 3.87. The first kappa shape index (κ1) is 14.9. The molecule has 4 nitrogen and oxygen atoms in total. The van der Waals surface area contributed by atoms with Crippen molar-refractivity contribution in [3.05, 3.63) is 0 Å². The number of ether oxygens (including phenoxy) is 1. The summed E-state index contributed by atoms with van der Waals surface area (Å²) in [6, 6.07) is 2.21. The van der Waals surface area contributed by atoms with Gasteiger partial charge in [-0.05, 0) is 19.8 Å². The first-order valence-electron chi connectivity index (χ1n) is 5.81. The van der Waals surface area contributed by atoms with Gasteiger partial charge < -0.3 is 9.64 Å². The normalized spacial score (nSPS) is 13.9. The Morgan fingerprint density at radius 2 is 2.06 bits per heavy atom. The summed E-state index contributed by atoms with van der Waals surface area (Å²) in [4.78, 5) is 13.8. The molecule has 0 heterocycles. The van der Waals surface area contributed by atoms with Gasteiger partial charge in [-0.25, -0.2) is 0 Å². The highest BCUT2D eigenvalue weighted by Crippen LogP contribution is 2.11. The second-order valence-electron chi connectivity index (χ2n) is 3.87. The average Bonchev–Trinajstić information content (AvgIpc) is 2.30. The zero-order valence-electron chi connectivity index (χ0n) is 10.7. The third-order valence-corrected chi connectivity index (χ3v) is 2.80. The van der Waals surface area contributed by atoms with E-state index in [1.54, 1.807) is 12.0 Å². The number of hydrogen-bond acceptors (Lipinski definition) is 3. The lowest BCUT2D eigenvalue weighted by atomic mass is 10.1. The minimum absolute atomic E-state index is 0.0728. The molecule has 2 atom stereocenters. The molecule has 2 unspecified atom stereocenters. The summed E-state index contributed by atoms with van der Waals surface area (Å²) in [5.41, 5.74) is 0. The maximum Gasteiger partial charge on any atom is 0.240 e. The number of carbonyl (C=O) groups is 1. The third-order valence-electron chi connectivity index (χ3n) is 2.80.